The Morgan fingerprint density at radius 1 is 1.59 bits per heavy atom. The van der Waals surface area contributed by atoms with Gasteiger partial charge < -0.3 is 4.42 Å². The number of aromatic nitrogens is 1. The van der Waals surface area contributed by atoms with Crippen molar-refractivity contribution < 1.29 is 9.21 Å². The summed E-state index contributed by atoms with van der Waals surface area (Å²) >= 11 is 0. The maximum absolute atomic E-state index is 11.5. The Morgan fingerprint density at radius 2 is 2.41 bits per heavy atom. The van der Waals surface area contributed by atoms with E-state index in [4.69, 9.17) is 9.68 Å². The van der Waals surface area contributed by atoms with Crippen molar-refractivity contribution in [2.75, 3.05) is 0 Å². The van der Waals surface area contributed by atoms with Gasteiger partial charge in [-0.25, -0.2) is 0 Å². The molecule has 0 unspecified atom stereocenters. The molecule has 0 saturated carbocycles. The number of furan rings is 1. The summed E-state index contributed by atoms with van der Waals surface area (Å²) in [6.07, 6.45) is 4.87. The van der Waals surface area contributed by atoms with Crippen LogP contribution in [0, 0.1) is 18.4 Å². The van der Waals surface area contributed by atoms with Gasteiger partial charge in [-0.3, -0.25) is 15.1 Å². The molecular formula is C12H9N3O2. The first-order valence-corrected chi connectivity index (χ1v) is 4.92. The van der Waals surface area contributed by atoms with Gasteiger partial charge in [0.1, 0.15) is 5.76 Å². The number of nitrogens with one attached hydrogen (secondary N) is 1. The number of carbonyl (C=O) groups excluding carboxylic acids is 1. The van der Waals surface area contributed by atoms with Crippen molar-refractivity contribution in [1.82, 2.24) is 10.3 Å². The van der Waals surface area contributed by atoms with E-state index in [1.54, 1.807) is 37.6 Å². The summed E-state index contributed by atoms with van der Waals surface area (Å²) in [5.74, 6) is 0.157. The third-order valence-electron chi connectivity index (χ3n) is 2.24. The molecule has 2 rings (SSSR count). The molecule has 0 saturated heterocycles. The minimum Gasteiger partial charge on any atom is -0.451 e. The van der Waals surface area contributed by atoms with E-state index in [2.05, 4.69) is 4.98 Å². The van der Waals surface area contributed by atoms with Crippen LogP contribution in [-0.2, 0) is 0 Å². The number of hydrogen-bond acceptors (Lipinski definition) is 4. The van der Waals surface area contributed by atoms with Crippen LogP contribution in [0.4, 0.5) is 0 Å². The molecule has 0 bridgehead atoms. The molecule has 1 amide bonds. The van der Waals surface area contributed by atoms with E-state index >= 15 is 0 Å². The van der Waals surface area contributed by atoms with Crippen molar-refractivity contribution in [2.24, 2.45) is 0 Å². The Hall–Kier alpha value is -2.61. The lowest BCUT2D eigenvalue weighted by molar-refractivity contribution is 0.0945. The molecule has 0 fully saturated rings. The maximum atomic E-state index is 11.5. The van der Waals surface area contributed by atoms with Gasteiger partial charge in [-0.1, -0.05) is 0 Å². The highest BCUT2D eigenvalue weighted by atomic mass is 16.4. The van der Waals surface area contributed by atoms with Crippen LogP contribution in [0.25, 0.3) is 11.3 Å². The van der Waals surface area contributed by atoms with Crippen molar-refractivity contribution in [3.63, 3.8) is 0 Å². The summed E-state index contributed by atoms with van der Waals surface area (Å²) in [6, 6.07) is 5.35. The normalized spacial score (nSPS) is 9.65. The molecule has 0 spiro atoms. The minimum atomic E-state index is -0.542. The summed E-state index contributed by atoms with van der Waals surface area (Å²) < 4.78 is 5.41. The molecule has 0 aliphatic rings. The van der Waals surface area contributed by atoms with Crippen molar-refractivity contribution in [3.8, 4) is 17.5 Å². The number of carbonyl (C=O) groups is 1. The zero-order chi connectivity index (χ0) is 12.3. The van der Waals surface area contributed by atoms with Gasteiger partial charge in [-0.2, -0.15) is 5.26 Å². The van der Waals surface area contributed by atoms with Crippen LogP contribution in [0.5, 0.6) is 0 Å². The van der Waals surface area contributed by atoms with Crippen molar-refractivity contribution in [2.45, 2.75) is 6.92 Å². The monoisotopic (exact) mass is 227 g/mol. The molecule has 0 aromatic carbocycles. The lowest BCUT2D eigenvalue weighted by atomic mass is 10.2. The van der Waals surface area contributed by atoms with Crippen LogP contribution in [0.1, 0.15) is 16.1 Å². The van der Waals surface area contributed by atoms with Gasteiger partial charge in [-0.05, 0) is 25.1 Å². The number of pyridine rings is 1. The Labute approximate surface area is 97.7 Å². The van der Waals surface area contributed by atoms with Crippen LogP contribution in [0.15, 0.2) is 35.0 Å². The zero-order valence-corrected chi connectivity index (χ0v) is 9.10. The highest BCUT2D eigenvalue weighted by Gasteiger charge is 2.16. The molecule has 2 heterocycles. The zero-order valence-electron chi connectivity index (χ0n) is 9.10. The van der Waals surface area contributed by atoms with E-state index in [-0.39, 0.29) is 5.76 Å². The van der Waals surface area contributed by atoms with Crippen molar-refractivity contribution in [3.05, 3.63) is 41.9 Å². The fourth-order valence-electron chi connectivity index (χ4n) is 1.47. The van der Waals surface area contributed by atoms with Crippen LogP contribution in [0.2, 0.25) is 0 Å². The molecule has 0 radical (unpaired) electrons. The first-order chi connectivity index (χ1) is 8.22. The molecule has 0 aliphatic heterocycles. The second kappa shape index (κ2) is 4.49. The first kappa shape index (κ1) is 10.9. The van der Waals surface area contributed by atoms with E-state index in [0.717, 1.165) is 5.56 Å². The van der Waals surface area contributed by atoms with E-state index < -0.39 is 5.91 Å². The van der Waals surface area contributed by atoms with Gasteiger partial charge in [0, 0.05) is 23.5 Å². The van der Waals surface area contributed by atoms with E-state index in [0.29, 0.717) is 11.3 Å². The molecule has 84 valence electrons. The van der Waals surface area contributed by atoms with Crippen molar-refractivity contribution in [1.29, 1.82) is 5.26 Å². The highest BCUT2D eigenvalue weighted by molar-refractivity contribution is 5.94. The average molecular weight is 227 g/mol. The summed E-state index contributed by atoms with van der Waals surface area (Å²) in [5.41, 5.74) is 1.46. The molecule has 2 aromatic rings. The van der Waals surface area contributed by atoms with E-state index in [1.165, 1.54) is 0 Å². The highest BCUT2D eigenvalue weighted by Crippen LogP contribution is 2.24. The van der Waals surface area contributed by atoms with Crippen LogP contribution in [-0.4, -0.2) is 10.9 Å². The predicted octanol–water partition coefficient (Wildman–Crippen LogP) is 1.86. The molecule has 0 aliphatic carbocycles. The second-order valence-electron chi connectivity index (χ2n) is 3.43. The third-order valence-corrected chi connectivity index (χ3v) is 2.24. The van der Waals surface area contributed by atoms with E-state index in [9.17, 15) is 4.79 Å². The number of nitriles is 1. The Morgan fingerprint density at radius 3 is 3.06 bits per heavy atom. The second-order valence-corrected chi connectivity index (χ2v) is 3.43. The first-order valence-electron chi connectivity index (χ1n) is 4.92. The van der Waals surface area contributed by atoms with Crippen molar-refractivity contribution >= 4 is 5.91 Å². The Kier molecular flexibility index (Phi) is 2.88. The Bertz CT molecular complexity index is 582. The SMILES string of the molecule is Cc1cc(-c2cccnc2)oc1C(=O)NC#N. The smallest absolute Gasteiger partial charge is 0.300 e. The lowest BCUT2D eigenvalue weighted by Crippen LogP contribution is -2.17. The fraction of sp³-hybridized carbons (Fsp3) is 0.0833. The number of rotatable bonds is 2. The number of nitrogens with zero attached hydrogens (tertiary/aromatic N) is 2. The molecule has 5 heteroatoms. The quantitative estimate of drug-likeness (QED) is 0.627. The van der Waals surface area contributed by atoms with Gasteiger partial charge >= 0.3 is 0 Å². The van der Waals surface area contributed by atoms with E-state index in [1.807, 2.05) is 11.4 Å². The topological polar surface area (TPSA) is 78.9 Å². The standard InChI is InChI=1S/C12H9N3O2/c1-8-5-10(9-3-2-4-14-6-9)17-11(8)12(16)15-7-13/h2-6H,1H3,(H,15,16). The van der Waals surface area contributed by atoms with Crippen LogP contribution in [0.3, 0.4) is 0 Å². The van der Waals surface area contributed by atoms with Gasteiger partial charge in [0.2, 0.25) is 0 Å². The molecule has 5 nitrogen and oxygen atoms in total. The molecule has 0 atom stereocenters. The maximum Gasteiger partial charge on any atom is 0.300 e. The largest absolute Gasteiger partial charge is 0.451 e. The van der Waals surface area contributed by atoms with Crippen LogP contribution < -0.4 is 5.32 Å². The van der Waals surface area contributed by atoms with Gasteiger partial charge in [0.05, 0.1) is 0 Å². The summed E-state index contributed by atoms with van der Waals surface area (Å²) in [5, 5.41) is 10.4. The molecule has 17 heavy (non-hydrogen) atoms. The number of hydrogen-bond donors (Lipinski definition) is 1. The molecule has 1 N–H and O–H groups in total. The van der Waals surface area contributed by atoms with Crippen LogP contribution >= 0.6 is 0 Å². The molecule has 2 aromatic heterocycles. The Balaban J connectivity index is 2.38. The summed E-state index contributed by atoms with van der Waals surface area (Å²) in [6.45, 7) is 1.75. The summed E-state index contributed by atoms with van der Waals surface area (Å²) in [4.78, 5) is 15.4. The predicted molar refractivity (Wildman–Crippen MR) is 59.8 cm³/mol. The number of amides is 1. The van der Waals surface area contributed by atoms with Gasteiger partial charge in [-0.15, -0.1) is 0 Å². The minimum absolute atomic E-state index is 0.144. The van der Waals surface area contributed by atoms with Gasteiger partial charge in [0.15, 0.2) is 12.0 Å². The molecular weight excluding hydrogens is 218 g/mol. The van der Waals surface area contributed by atoms with Gasteiger partial charge in [0.25, 0.3) is 5.91 Å². The summed E-state index contributed by atoms with van der Waals surface area (Å²) in [7, 11) is 0. The average Bonchev–Trinajstić information content (AvgIpc) is 2.73. The lowest BCUT2D eigenvalue weighted by Gasteiger charge is -1.95. The fourth-order valence-corrected chi connectivity index (χ4v) is 1.47. The third kappa shape index (κ3) is 2.16. The number of aryl methyl sites for hydroxylation is 1.